The van der Waals surface area contributed by atoms with Gasteiger partial charge >= 0.3 is 0 Å². The van der Waals surface area contributed by atoms with Gasteiger partial charge in [0.2, 0.25) is 0 Å². The Morgan fingerprint density at radius 3 is 1.75 bits per heavy atom. The van der Waals surface area contributed by atoms with Gasteiger partial charge in [0.05, 0.1) is 6.10 Å². The third-order valence-electron chi connectivity index (χ3n) is 2.69. The van der Waals surface area contributed by atoms with Crippen LogP contribution in [-0.4, -0.2) is 14.4 Å². The Hall–Kier alpha value is 0.177. The Bertz CT molecular complexity index is 140. The predicted molar refractivity (Wildman–Crippen MR) is 55.8 cm³/mol. The fraction of sp³-hybridized carbons (Fsp3) is 1.00. The zero-order chi connectivity index (χ0) is 9.35. The fourth-order valence-electron chi connectivity index (χ4n) is 2.06. The van der Waals surface area contributed by atoms with Gasteiger partial charge in [-0.15, -0.1) is 0 Å². The van der Waals surface area contributed by atoms with E-state index in [2.05, 4.69) is 33.5 Å². The molecule has 0 aromatic carbocycles. The van der Waals surface area contributed by atoms with E-state index in [4.69, 9.17) is 4.43 Å². The summed E-state index contributed by atoms with van der Waals surface area (Å²) in [7, 11) is -1.31. The van der Waals surface area contributed by atoms with Gasteiger partial charge in [-0.3, -0.25) is 0 Å². The van der Waals surface area contributed by atoms with Crippen LogP contribution in [0.5, 0.6) is 0 Å². The van der Waals surface area contributed by atoms with Crippen molar-refractivity contribution in [3.63, 3.8) is 0 Å². The molecule has 1 fully saturated rings. The molecule has 0 amide bonds. The summed E-state index contributed by atoms with van der Waals surface area (Å²) < 4.78 is 6.16. The number of hydrogen-bond acceptors (Lipinski definition) is 1. The average Bonchev–Trinajstić information content (AvgIpc) is 2.16. The van der Waals surface area contributed by atoms with E-state index in [9.17, 15) is 0 Å². The minimum atomic E-state index is -1.31. The van der Waals surface area contributed by atoms with E-state index in [0.717, 1.165) is 11.8 Å². The molecule has 1 saturated carbocycles. The minimum Gasteiger partial charge on any atom is -0.414 e. The second-order valence-electron chi connectivity index (χ2n) is 5.23. The van der Waals surface area contributed by atoms with Crippen molar-refractivity contribution in [1.82, 2.24) is 0 Å². The molecule has 2 atom stereocenters. The first-order chi connectivity index (χ1) is 5.40. The van der Waals surface area contributed by atoms with E-state index in [0.29, 0.717) is 6.10 Å². The normalized spacial score (nSPS) is 37.2. The molecule has 0 aliphatic heterocycles. The van der Waals surface area contributed by atoms with Crippen molar-refractivity contribution in [2.24, 2.45) is 11.8 Å². The van der Waals surface area contributed by atoms with Gasteiger partial charge in [0.15, 0.2) is 8.32 Å². The summed E-state index contributed by atoms with van der Waals surface area (Å²) in [5.41, 5.74) is 0. The van der Waals surface area contributed by atoms with Crippen LogP contribution in [0.2, 0.25) is 19.6 Å². The third kappa shape index (κ3) is 2.59. The van der Waals surface area contributed by atoms with Crippen LogP contribution in [-0.2, 0) is 4.43 Å². The van der Waals surface area contributed by atoms with Gasteiger partial charge in [-0.05, 0) is 44.3 Å². The molecule has 0 bridgehead atoms. The topological polar surface area (TPSA) is 9.23 Å². The van der Waals surface area contributed by atoms with Gasteiger partial charge in [-0.25, -0.2) is 0 Å². The van der Waals surface area contributed by atoms with Crippen LogP contribution in [0.15, 0.2) is 0 Å². The second-order valence-corrected chi connectivity index (χ2v) is 9.69. The van der Waals surface area contributed by atoms with E-state index in [1.54, 1.807) is 0 Å². The molecule has 0 spiro atoms. The molecule has 0 heterocycles. The van der Waals surface area contributed by atoms with Crippen LogP contribution < -0.4 is 0 Å². The Labute approximate surface area is 77.6 Å². The predicted octanol–water partition coefficient (Wildman–Crippen LogP) is 3.27. The molecule has 0 N–H and O–H groups in total. The fourth-order valence-corrected chi connectivity index (χ4v) is 3.34. The smallest absolute Gasteiger partial charge is 0.184 e. The molecule has 1 aliphatic rings. The van der Waals surface area contributed by atoms with Crippen molar-refractivity contribution in [3.8, 4) is 0 Å². The Kier molecular flexibility index (Phi) is 3.00. The van der Waals surface area contributed by atoms with Crippen molar-refractivity contribution < 1.29 is 4.43 Å². The van der Waals surface area contributed by atoms with Crippen molar-refractivity contribution in [1.29, 1.82) is 0 Å². The summed E-state index contributed by atoms with van der Waals surface area (Å²) in [6.45, 7) is 11.5. The molecule has 0 saturated heterocycles. The standard InChI is InChI=1S/C10H22OSi/c1-8-6-7-9(2)10(8)11-12(3,4)5/h8-10H,6-7H2,1-5H3. The molecule has 0 radical (unpaired) electrons. The first kappa shape index (κ1) is 10.3. The maximum atomic E-state index is 6.16. The summed E-state index contributed by atoms with van der Waals surface area (Å²) in [5, 5.41) is 0. The molecule has 12 heavy (non-hydrogen) atoms. The van der Waals surface area contributed by atoms with Crippen LogP contribution in [0, 0.1) is 11.8 Å². The molecular weight excluding hydrogens is 164 g/mol. The molecule has 2 unspecified atom stereocenters. The van der Waals surface area contributed by atoms with Gasteiger partial charge in [0.1, 0.15) is 0 Å². The number of hydrogen-bond donors (Lipinski definition) is 0. The van der Waals surface area contributed by atoms with Gasteiger partial charge in [-0.1, -0.05) is 13.8 Å². The molecule has 1 aliphatic carbocycles. The van der Waals surface area contributed by atoms with E-state index in [1.165, 1.54) is 12.8 Å². The van der Waals surface area contributed by atoms with Crippen molar-refractivity contribution >= 4 is 8.32 Å². The summed E-state index contributed by atoms with van der Waals surface area (Å²) in [6.07, 6.45) is 3.27. The quantitative estimate of drug-likeness (QED) is 0.601. The molecule has 1 rings (SSSR count). The Balaban J connectivity index is 2.50. The highest BCUT2D eigenvalue weighted by Gasteiger charge is 2.34. The highest BCUT2D eigenvalue weighted by atomic mass is 28.4. The highest BCUT2D eigenvalue weighted by molar-refractivity contribution is 6.69. The Morgan fingerprint density at radius 1 is 1.00 bits per heavy atom. The first-order valence-electron chi connectivity index (χ1n) is 5.08. The monoisotopic (exact) mass is 186 g/mol. The lowest BCUT2D eigenvalue weighted by atomic mass is 10.0. The molecule has 0 aromatic heterocycles. The van der Waals surface area contributed by atoms with Crippen LogP contribution >= 0.6 is 0 Å². The van der Waals surface area contributed by atoms with Crippen molar-refractivity contribution in [2.75, 3.05) is 0 Å². The second kappa shape index (κ2) is 3.50. The van der Waals surface area contributed by atoms with E-state index >= 15 is 0 Å². The molecular formula is C10H22OSi. The van der Waals surface area contributed by atoms with Gasteiger partial charge < -0.3 is 4.43 Å². The molecule has 1 nitrogen and oxygen atoms in total. The lowest BCUT2D eigenvalue weighted by Crippen LogP contribution is -2.35. The molecule has 0 aromatic rings. The van der Waals surface area contributed by atoms with Gasteiger partial charge in [0.25, 0.3) is 0 Å². The average molecular weight is 186 g/mol. The maximum Gasteiger partial charge on any atom is 0.184 e. The lowest BCUT2D eigenvalue weighted by molar-refractivity contribution is 0.124. The first-order valence-corrected chi connectivity index (χ1v) is 8.49. The van der Waals surface area contributed by atoms with Crippen molar-refractivity contribution in [3.05, 3.63) is 0 Å². The summed E-state index contributed by atoms with van der Waals surface area (Å²) >= 11 is 0. The van der Waals surface area contributed by atoms with Crippen LogP contribution in [0.4, 0.5) is 0 Å². The minimum absolute atomic E-state index is 0.552. The van der Waals surface area contributed by atoms with Crippen molar-refractivity contribution in [2.45, 2.75) is 52.4 Å². The van der Waals surface area contributed by atoms with E-state index in [-0.39, 0.29) is 0 Å². The highest BCUT2D eigenvalue weighted by Crippen LogP contribution is 2.34. The molecule has 72 valence electrons. The van der Waals surface area contributed by atoms with E-state index in [1.807, 2.05) is 0 Å². The van der Waals surface area contributed by atoms with Crippen LogP contribution in [0.25, 0.3) is 0 Å². The molecule has 2 heteroatoms. The lowest BCUT2D eigenvalue weighted by Gasteiger charge is -2.29. The van der Waals surface area contributed by atoms with Crippen LogP contribution in [0.1, 0.15) is 26.7 Å². The zero-order valence-electron chi connectivity index (χ0n) is 9.05. The number of rotatable bonds is 2. The van der Waals surface area contributed by atoms with Gasteiger partial charge in [0, 0.05) is 0 Å². The third-order valence-corrected chi connectivity index (χ3v) is 3.67. The van der Waals surface area contributed by atoms with Crippen LogP contribution in [0.3, 0.4) is 0 Å². The zero-order valence-corrected chi connectivity index (χ0v) is 10.1. The van der Waals surface area contributed by atoms with Gasteiger partial charge in [-0.2, -0.15) is 0 Å². The van der Waals surface area contributed by atoms with E-state index < -0.39 is 8.32 Å². The maximum absolute atomic E-state index is 6.16. The SMILES string of the molecule is CC1CCC(C)C1O[Si](C)(C)C. The largest absolute Gasteiger partial charge is 0.414 e. The summed E-state index contributed by atoms with van der Waals surface area (Å²) in [4.78, 5) is 0. The summed E-state index contributed by atoms with van der Waals surface area (Å²) in [6, 6.07) is 0. The summed E-state index contributed by atoms with van der Waals surface area (Å²) in [5.74, 6) is 1.57. The Morgan fingerprint density at radius 2 is 1.42 bits per heavy atom.